The summed E-state index contributed by atoms with van der Waals surface area (Å²) < 4.78 is 49.7. The summed E-state index contributed by atoms with van der Waals surface area (Å²) >= 11 is 0. The Labute approximate surface area is 105 Å². The first-order valence-corrected chi connectivity index (χ1v) is 7.61. The fourth-order valence-corrected chi connectivity index (χ4v) is 3.97. The number of nitrogens with one attached hydrogen (secondary N) is 1. The van der Waals surface area contributed by atoms with E-state index in [2.05, 4.69) is 5.32 Å². The lowest BCUT2D eigenvalue weighted by Gasteiger charge is -2.19. The summed E-state index contributed by atoms with van der Waals surface area (Å²) in [6.45, 7) is 1.63. The maximum atomic E-state index is 13.5. The van der Waals surface area contributed by atoms with Gasteiger partial charge in [-0.25, -0.2) is 17.2 Å². The van der Waals surface area contributed by atoms with E-state index in [-0.39, 0.29) is 23.1 Å². The van der Waals surface area contributed by atoms with E-state index in [0.29, 0.717) is 6.42 Å². The molecular formula is C12H15F2NO2S. The predicted octanol–water partition coefficient (Wildman–Crippen LogP) is 1.80. The molecule has 0 spiro atoms. The molecule has 0 aromatic heterocycles. The number of sulfone groups is 1. The average Bonchev–Trinajstić information content (AvgIpc) is 2.57. The van der Waals surface area contributed by atoms with Crippen molar-refractivity contribution in [2.75, 3.05) is 11.5 Å². The van der Waals surface area contributed by atoms with E-state index in [4.69, 9.17) is 0 Å². The van der Waals surface area contributed by atoms with Gasteiger partial charge in [0.2, 0.25) is 0 Å². The second-order valence-corrected chi connectivity index (χ2v) is 6.85. The number of rotatable bonds is 3. The molecule has 0 aliphatic carbocycles. The molecule has 0 amide bonds. The monoisotopic (exact) mass is 275 g/mol. The van der Waals surface area contributed by atoms with Crippen molar-refractivity contribution in [3.8, 4) is 0 Å². The third kappa shape index (κ3) is 2.87. The maximum Gasteiger partial charge on any atom is 0.151 e. The lowest BCUT2D eigenvalue weighted by molar-refractivity contribution is 0.445. The molecule has 6 heteroatoms. The Morgan fingerprint density at radius 2 is 1.94 bits per heavy atom. The second-order valence-electron chi connectivity index (χ2n) is 4.62. The molecule has 1 fully saturated rings. The highest BCUT2D eigenvalue weighted by atomic mass is 32.2. The zero-order chi connectivity index (χ0) is 13.3. The van der Waals surface area contributed by atoms with Crippen LogP contribution in [0.15, 0.2) is 18.2 Å². The van der Waals surface area contributed by atoms with Crippen molar-refractivity contribution in [3.63, 3.8) is 0 Å². The van der Waals surface area contributed by atoms with Crippen molar-refractivity contribution < 1.29 is 17.2 Å². The van der Waals surface area contributed by atoms with Crippen LogP contribution in [-0.4, -0.2) is 26.0 Å². The van der Waals surface area contributed by atoms with Crippen LogP contribution in [0.4, 0.5) is 8.78 Å². The number of halogens is 2. The summed E-state index contributed by atoms with van der Waals surface area (Å²) in [5.41, 5.74) is -0.0400. The lowest BCUT2D eigenvalue weighted by Crippen LogP contribution is -2.33. The molecule has 1 aliphatic rings. The molecule has 18 heavy (non-hydrogen) atoms. The van der Waals surface area contributed by atoms with Gasteiger partial charge in [-0.15, -0.1) is 0 Å². The first-order valence-electron chi connectivity index (χ1n) is 5.79. The van der Waals surface area contributed by atoms with Gasteiger partial charge in [0, 0.05) is 17.6 Å². The zero-order valence-corrected chi connectivity index (χ0v) is 10.8. The molecule has 3 nitrogen and oxygen atoms in total. The number of hydrogen-bond acceptors (Lipinski definition) is 3. The molecule has 0 saturated carbocycles. The van der Waals surface area contributed by atoms with Gasteiger partial charge in [-0.2, -0.15) is 0 Å². The summed E-state index contributed by atoms with van der Waals surface area (Å²) in [5, 5.41) is 2.97. The molecule has 2 unspecified atom stereocenters. The van der Waals surface area contributed by atoms with E-state index in [1.54, 1.807) is 6.92 Å². The second kappa shape index (κ2) is 4.93. The molecule has 1 heterocycles. The van der Waals surface area contributed by atoms with Gasteiger partial charge >= 0.3 is 0 Å². The van der Waals surface area contributed by atoms with Gasteiger partial charge < -0.3 is 5.32 Å². The minimum Gasteiger partial charge on any atom is -0.306 e. The SMILES string of the molecule is CC(NC1CCS(=O)(=O)C1)c1c(F)cccc1F. The van der Waals surface area contributed by atoms with Crippen molar-refractivity contribution in [3.05, 3.63) is 35.4 Å². The van der Waals surface area contributed by atoms with Gasteiger partial charge in [-0.3, -0.25) is 0 Å². The lowest BCUT2D eigenvalue weighted by atomic mass is 10.1. The van der Waals surface area contributed by atoms with E-state index >= 15 is 0 Å². The summed E-state index contributed by atoms with van der Waals surface area (Å²) in [6, 6.07) is 2.92. The quantitative estimate of drug-likeness (QED) is 0.915. The van der Waals surface area contributed by atoms with Crippen LogP contribution < -0.4 is 5.32 Å². The highest BCUT2D eigenvalue weighted by Gasteiger charge is 2.29. The molecule has 100 valence electrons. The van der Waals surface area contributed by atoms with Gasteiger partial charge in [0.05, 0.1) is 11.5 Å². The van der Waals surface area contributed by atoms with Gasteiger partial charge in [0.25, 0.3) is 0 Å². The van der Waals surface area contributed by atoms with Crippen molar-refractivity contribution in [1.29, 1.82) is 0 Å². The van der Waals surface area contributed by atoms with Gasteiger partial charge in [-0.05, 0) is 25.5 Å². The smallest absolute Gasteiger partial charge is 0.151 e. The summed E-state index contributed by atoms with van der Waals surface area (Å²) in [6.07, 6.45) is 0.489. The molecular weight excluding hydrogens is 260 g/mol. The van der Waals surface area contributed by atoms with E-state index in [1.807, 2.05) is 0 Å². The van der Waals surface area contributed by atoms with Gasteiger partial charge in [-0.1, -0.05) is 6.07 Å². The summed E-state index contributed by atoms with van der Waals surface area (Å²) in [7, 11) is -2.99. The Morgan fingerprint density at radius 3 is 2.44 bits per heavy atom. The van der Waals surface area contributed by atoms with Crippen molar-refractivity contribution >= 4 is 9.84 Å². The fourth-order valence-electron chi connectivity index (χ4n) is 2.29. The van der Waals surface area contributed by atoms with E-state index in [1.165, 1.54) is 18.2 Å². The first kappa shape index (κ1) is 13.4. The van der Waals surface area contributed by atoms with Crippen LogP contribution in [0.25, 0.3) is 0 Å². The Kier molecular flexibility index (Phi) is 3.68. The fraction of sp³-hybridized carbons (Fsp3) is 0.500. The standard InChI is InChI=1S/C12H15F2NO2S/c1-8(12-10(13)3-2-4-11(12)14)15-9-5-6-18(16,17)7-9/h2-4,8-9,15H,5-7H2,1H3. The molecule has 1 saturated heterocycles. The molecule has 2 rings (SSSR count). The van der Waals surface area contributed by atoms with Crippen LogP contribution in [-0.2, 0) is 9.84 Å². The van der Waals surface area contributed by atoms with Gasteiger partial charge in [0.15, 0.2) is 9.84 Å². The van der Waals surface area contributed by atoms with E-state index in [0.717, 1.165) is 0 Å². The van der Waals surface area contributed by atoms with Crippen molar-refractivity contribution in [1.82, 2.24) is 5.32 Å². The normalized spacial score (nSPS) is 24.1. The van der Waals surface area contributed by atoms with Gasteiger partial charge in [0.1, 0.15) is 11.6 Å². The molecule has 0 bridgehead atoms. The largest absolute Gasteiger partial charge is 0.306 e. The third-order valence-corrected chi connectivity index (χ3v) is 4.92. The van der Waals surface area contributed by atoms with E-state index in [9.17, 15) is 17.2 Å². The number of benzene rings is 1. The summed E-state index contributed by atoms with van der Waals surface area (Å²) in [5.74, 6) is -1.06. The van der Waals surface area contributed by atoms with Crippen LogP contribution in [0.5, 0.6) is 0 Å². The average molecular weight is 275 g/mol. The zero-order valence-electron chi connectivity index (χ0n) is 9.99. The minimum atomic E-state index is -2.99. The summed E-state index contributed by atoms with van der Waals surface area (Å²) in [4.78, 5) is 0. The van der Waals surface area contributed by atoms with Crippen LogP contribution >= 0.6 is 0 Å². The number of hydrogen-bond donors (Lipinski definition) is 1. The minimum absolute atomic E-state index is 0.0351. The molecule has 1 aromatic carbocycles. The van der Waals surface area contributed by atoms with Crippen molar-refractivity contribution in [2.45, 2.75) is 25.4 Å². The molecule has 1 aliphatic heterocycles. The Hall–Kier alpha value is -1.01. The highest BCUT2D eigenvalue weighted by Crippen LogP contribution is 2.22. The van der Waals surface area contributed by atoms with E-state index < -0.39 is 27.5 Å². The van der Waals surface area contributed by atoms with Crippen LogP contribution in [0, 0.1) is 11.6 Å². The molecule has 1 aromatic rings. The van der Waals surface area contributed by atoms with Crippen molar-refractivity contribution in [2.24, 2.45) is 0 Å². The molecule has 2 atom stereocenters. The highest BCUT2D eigenvalue weighted by molar-refractivity contribution is 7.91. The third-order valence-electron chi connectivity index (χ3n) is 3.15. The van der Waals surface area contributed by atoms with Crippen LogP contribution in [0.2, 0.25) is 0 Å². The van der Waals surface area contributed by atoms with Crippen LogP contribution in [0.3, 0.4) is 0 Å². The molecule has 0 radical (unpaired) electrons. The Balaban J connectivity index is 2.11. The topological polar surface area (TPSA) is 46.2 Å². The predicted molar refractivity (Wildman–Crippen MR) is 65.0 cm³/mol. The maximum absolute atomic E-state index is 13.5. The Morgan fingerprint density at radius 1 is 1.33 bits per heavy atom. The van der Waals surface area contributed by atoms with Crippen LogP contribution in [0.1, 0.15) is 24.9 Å². The first-order chi connectivity index (χ1) is 8.39. The Bertz CT molecular complexity index is 525. The molecule has 1 N–H and O–H groups in total.